The fourth-order valence-corrected chi connectivity index (χ4v) is 2.83. The summed E-state index contributed by atoms with van der Waals surface area (Å²) in [6.07, 6.45) is 4.05. The minimum atomic E-state index is 0.749. The number of rotatable bonds is 9. The quantitative estimate of drug-likeness (QED) is 0.264. The third-order valence-electron chi connectivity index (χ3n) is 3.87. The van der Waals surface area contributed by atoms with Gasteiger partial charge in [-0.3, -0.25) is 0 Å². The number of nitrogens with zero attached hydrogens (tertiary/aromatic N) is 2. The van der Waals surface area contributed by atoms with Crippen LogP contribution in [0.25, 0.3) is 0 Å². The van der Waals surface area contributed by atoms with Crippen LogP contribution in [0.4, 0.5) is 11.4 Å². The van der Waals surface area contributed by atoms with Crippen LogP contribution in [-0.4, -0.2) is 11.9 Å². The number of azo groups is 1. The molecule has 2 rings (SSSR count). The number of hydrogen-bond acceptors (Lipinski definition) is 3. The zero-order chi connectivity index (χ0) is 17.2. The topological polar surface area (TPSA) is 34.0 Å². The molecule has 0 aliphatic carbocycles. The molecule has 0 aliphatic rings. The van der Waals surface area contributed by atoms with E-state index in [2.05, 4.69) is 52.1 Å². The van der Waals surface area contributed by atoms with Crippen LogP contribution in [-0.2, 0) is 12.8 Å². The van der Waals surface area contributed by atoms with Gasteiger partial charge in [-0.2, -0.15) is 10.2 Å². The van der Waals surface area contributed by atoms with E-state index < -0.39 is 0 Å². The molecule has 128 valence electrons. The summed E-state index contributed by atoms with van der Waals surface area (Å²) in [5.74, 6) is 0.911. The normalized spacial score (nSPS) is 11.1. The van der Waals surface area contributed by atoms with E-state index in [1.54, 1.807) is 0 Å². The summed E-state index contributed by atoms with van der Waals surface area (Å²) >= 11 is 3.44. The molecule has 0 unspecified atom stereocenters. The first-order chi connectivity index (χ1) is 11.8. The number of halogens is 1. The van der Waals surface area contributed by atoms with Crippen LogP contribution in [0.5, 0.6) is 5.75 Å². The Bertz CT molecular complexity index is 670. The Balaban J connectivity index is 2.11. The lowest BCUT2D eigenvalue weighted by Crippen LogP contribution is -1.98. The van der Waals surface area contributed by atoms with Gasteiger partial charge >= 0.3 is 0 Å². The summed E-state index contributed by atoms with van der Waals surface area (Å²) in [5.41, 5.74) is 4.23. The van der Waals surface area contributed by atoms with E-state index in [9.17, 15) is 0 Å². The summed E-state index contributed by atoms with van der Waals surface area (Å²) in [5, 5.41) is 9.94. The van der Waals surface area contributed by atoms with Crippen molar-refractivity contribution < 1.29 is 4.74 Å². The first kappa shape index (κ1) is 18.7. The highest BCUT2D eigenvalue weighted by atomic mass is 79.9. The first-order valence-corrected chi connectivity index (χ1v) is 9.72. The maximum absolute atomic E-state index is 5.81. The Morgan fingerprint density at radius 2 is 1.58 bits per heavy atom. The van der Waals surface area contributed by atoms with Crippen LogP contribution in [0.3, 0.4) is 0 Å². The molecule has 0 saturated heterocycles. The minimum absolute atomic E-state index is 0.749. The number of ether oxygens (including phenoxy) is 1. The van der Waals surface area contributed by atoms with Gasteiger partial charge in [-0.15, -0.1) is 0 Å². The highest BCUT2D eigenvalue weighted by Crippen LogP contribution is 2.28. The molecule has 4 heteroatoms. The van der Waals surface area contributed by atoms with Gasteiger partial charge in [-0.05, 0) is 61.1 Å². The van der Waals surface area contributed by atoms with Crippen molar-refractivity contribution in [3.8, 4) is 5.75 Å². The third kappa shape index (κ3) is 5.45. The molecular weight excluding hydrogens is 364 g/mol. The van der Waals surface area contributed by atoms with Crippen molar-refractivity contribution in [2.24, 2.45) is 10.2 Å². The van der Waals surface area contributed by atoms with Gasteiger partial charge in [0.15, 0.2) is 0 Å². The summed E-state index contributed by atoms with van der Waals surface area (Å²) < 4.78 is 5.81. The summed E-state index contributed by atoms with van der Waals surface area (Å²) in [6, 6.07) is 14.2. The maximum atomic E-state index is 5.81. The van der Waals surface area contributed by atoms with Gasteiger partial charge in [0.25, 0.3) is 0 Å². The number of aryl methyl sites for hydroxylation is 2. The molecule has 0 N–H and O–H groups in total. The van der Waals surface area contributed by atoms with E-state index in [-0.39, 0.29) is 0 Å². The third-order valence-corrected chi connectivity index (χ3v) is 4.43. The highest BCUT2D eigenvalue weighted by molar-refractivity contribution is 9.09. The minimum Gasteiger partial charge on any atom is -0.494 e. The Morgan fingerprint density at radius 1 is 0.875 bits per heavy atom. The lowest BCUT2D eigenvalue weighted by Gasteiger charge is -2.09. The zero-order valence-electron chi connectivity index (χ0n) is 14.5. The molecule has 2 aromatic carbocycles. The van der Waals surface area contributed by atoms with Crippen molar-refractivity contribution in [1.29, 1.82) is 0 Å². The molecule has 24 heavy (non-hydrogen) atoms. The van der Waals surface area contributed by atoms with Crippen molar-refractivity contribution >= 4 is 27.3 Å². The number of alkyl halides is 1. The van der Waals surface area contributed by atoms with Gasteiger partial charge in [0.2, 0.25) is 0 Å². The van der Waals surface area contributed by atoms with E-state index in [0.717, 1.165) is 60.3 Å². The van der Waals surface area contributed by atoms with E-state index in [1.165, 1.54) is 5.56 Å². The molecular formula is C20H25BrN2O. The van der Waals surface area contributed by atoms with Crippen molar-refractivity contribution in [1.82, 2.24) is 0 Å². The maximum Gasteiger partial charge on any atom is 0.119 e. The van der Waals surface area contributed by atoms with Crippen molar-refractivity contribution in [3.05, 3.63) is 53.6 Å². The average Bonchev–Trinajstić information content (AvgIpc) is 2.64. The molecule has 0 amide bonds. The van der Waals surface area contributed by atoms with Crippen molar-refractivity contribution in [2.75, 3.05) is 11.9 Å². The van der Waals surface area contributed by atoms with E-state index in [0.29, 0.717) is 0 Å². The van der Waals surface area contributed by atoms with Crippen LogP contribution in [0.15, 0.2) is 52.7 Å². The lowest BCUT2D eigenvalue weighted by atomic mass is 10.1. The van der Waals surface area contributed by atoms with Gasteiger partial charge in [0, 0.05) is 5.33 Å². The van der Waals surface area contributed by atoms with Crippen LogP contribution < -0.4 is 4.74 Å². The molecule has 0 spiro atoms. The predicted octanol–water partition coefficient (Wildman–Crippen LogP) is 6.78. The van der Waals surface area contributed by atoms with Gasteiger partial charge < -0.3 is 4.74 Å². The average molecular weight is 389 g/mol. The molecule has 0 aromatic heterocycles. The SMILES string of the molecule is CCc1ccccc1N=Nc1ccc(OCCCCBr)cc1CC. The Labute approximate surface area is 153 Å². The molecule has 0 bridgehead atoms. The second-order valence-electron chi connectivity index (χ2n) is 5.57. The van der Waals surface area contributed by atoms with Crippen LogP contribution >= 0.6 is 15.9 Å². The van der Waals surface area contributed by atoms with E-state index in [4.69, 9.17) is 4.74 Å². The molecule has 2 aromatic rings. The monoisotopic (exact) mass is 388 g/mol. The molecule has 0 atom stereocenters. The van der Waals surface area contributed by atoms with Gasteiger partial charge in [-0.25, -0.2) is 0 Å². The van der Waals surface area contributed by atoms with E-state index >= 15 is 0 Å². The van der Waals surface area contributed by atoms with Gasteiger partial charge in [0.05, 0.1) is 18.0 Å². The number of hydrogen-bond donors (Lipinski definition) is 0. The lowest BCUT2D eigenvalue weighted by molar-refractivity contribution is 0.310. The second kappa shape index (κ2) is 10.2. The van der Waals surface area contributed by atoms with Crippen molar-refractivity contribution in [2.45, 2.75) is 39.5 Å². The molecule has 0 aliphatic heterocycles. The summed E-state index contributed by atoms with van der Waals surface area (Å²) in [6.45, 7) is 5.01. The Morgan fingerprint density at radius 3 is 2.29 bits per heavy atom. The molecule has 0 heterocycles. The molecule has 3 nitrogen and oxygen atoms in total. The number of benzene rings is 2. The number of unbranched alkanes of at least 4 members (excludes halogenated alkanes) is 1. The smallest absolute Gasteiger partial charge is 0.119 e. The molecule has 0 saturated carbocycles. The summed E-state index contributed by atoms with van der Waals surface area (Å²) in [7, 11) is 0. The van der Waals surface area contributed by atoms with E-state index in [1.807, 2.05) is 30.3 Å². The first-order valence-electron chi connectivity index (χ1n) is 8.59. The van der Waals surface area contributed by atoms with Crippen LogP contribution in [0, 0.1) is 0 Å². The highest BCUT2D eigenvalue weighted by Gasteiger charge is 2.04. The fourth-order valence-electron chi connectivity index (χ4n) is 2.43. The molecule has 0 radical (unpaired) electrons. The zero-order valence-corrected chi connectivity index (χ0v) is 16.1. The van der Waals surface area contributed by atoms with Gasteiger partial charge in [0.1, 0.15) is 5.75 Å². The van der Waals surface area contributed by atoms with Gasteiger partial charge in [-0.1, -0.05) is 48.0 Å². The summed E-state index contributed by atoms with van der Waals surface area (Å²) in [4.78, 5) is 0. The predicted molar refractivity (Wildman–Crippen MR) is 104 cm³/mol. The van der Waals surface area contributed by atoms with Crippen LogP contribution in [0.1, 0.15) is 37.8 Å². The van der Waals surface area contributed by atoms with Crippen LogP contribution in [0.2, 0.25) is 0 Å². The largest absolute Gasteiger partial charge is 0.494 e. The molecule has 0 fully saturated rings. The fraction of sp³-hybridized carbons (Fsp3) is 0.400. The Kier molecular flexibility index (Phi) is 7.96. The second-order valence-corrected chi connectivity index (χ2v) is 6.36. The van der Waals surface area contributed by atoms with Crippen molar-refractivity contribution in [3.63, 3.8) is 0 Å². The Hall–Kier alpha value is -1.68. The standard InChI is InChI=1S/C20H25BrN2O/c1-3-16-9-5-6-10-19(16)22-23-20-12-11-18(15-17(20)4-2)24-14-8-7-13-21/h5-6,9-12,15H,3-4,7-8,13-14H2,1-2H3.